The van der Waals surface area contributed by atoms with Gasteiger partial charge in [-0.3, -0.25) is 9.58 Å². The molecule has 2 aromatic rings. The normalized spacial score (nSPS) is 18.8. The second kappa shape index (κ2) is 8.60. The lowest BCUT2D eigenvalue weighted by molar-refractivity contribution is 0.0609. The van der Waals surface area contributed by atoms with Crippen LogP contribution >= 0.6 is 0 Å². The van der Waals surface area contributed by atoms with Crippen LogP contribution in [0.3, 0.4) is 0 Å². The first-order valence-electron chi connectivity index (χ1n) is 8.58. The van der Waals surface area contributed by atoms with E-state index in [-0.39, 0.29) is 6.61 Å². The Kier molecular flexibility index (Phi) is 5.99. The highest BCUT2D eigenvalue weighted by Crippen LogP contribution is 2.19. The molecule has 7 heteroatoms. The summed E-state index contributed by atoms with van der Waals surface area (Å²) in [5.41, 5.74) is 0.961. The van der Waals surface area contributed by atoms with E-state index in [2.05, 4.69) is 21.1 Å². The van der Waals surface area contributed by atoms with E-state index in [1.165, 1.54) is 0 Å². The molecule has 132 valence electrons. The van der Waals surface area contributed by atoms with Crippen LogP contribution in [0.2, 0.25) is 0 Å². The number of nitrogens with zero attached hydrogens (tertiary/aromatic N) is 5. The molecule has 2 heterocycles. The van der Waals surface area contributed by atoms with Crippen molar-refractivity contribution >= 4 is 0 Å². The zero-order valence-electron chi connectivity index (χ0n) is 14.2. The average molecular weight is 341 g/mol. The van der Waals surface area contributed by atoms with E-state index in [4.69, 9.17) is 10.00 Å². The summed E-state index contributed by atoms with van der Waals surface area (Å²) in [4.78, 5) is 6.27. The standard InChI is InChI=1S/C18H23N5O2/c19-8-7-15-3-5-18(6-4-15)25-12-17(24)11-22-9-1-2-16(22)10-23-14-20-13-21-23/h3-6,13-14,16-17,24H,1-2,7,9-12H2/t16-,17+/m1/s1. The fourth-order valence-electron chi connectivity index (χ4n) is 3.20. The van der Waals surface area contributed by atoms with Crippen LogP contribution < -0.4 is 4.74 Å². The van der Waals surface area contributed by atoms with Crippen LogP contribution in [0.15, 0.2) is 36.9 Å². The largest absolute Gasteiger partial charge is 0.491 e. The highest BCUT2D eigenvalue weighted by Gasteiger charge is 2.26. The van der Waals surface area contributed by atoms with Crippen LogP contribution in [0.1, 0.15) is 18.4 Å². The lowest BCUT2D eigenvalue weighted by Crippen LogP contribution is -2.40. The number of benzene rings is 1. The number of nitriles is 1. The van der Waals surface area contributed by atoms with Crippen LogP contribution in [-0.4, -0.2) is 56.6 Å². The molecule has 25 heavy (non-hydrogen) atoms. The van der Waals surface area contributed by atoms with Crippen molar-refractivity contribution in [2.45, 2.75) is 38.0 Å². The number of β-amino-alcohol motifs (C(OH)–C–C–N with tert-alkyl or cyclic N) is 1. The molecular weight excluding hydrogens is 318 g/mol. The third-order valence-corrected chi connectivity index (χ3v) is 4.46. The molecule has 0 amide bonds. The summed E-state index contributed by atoms with van der Waals surface area (Å²) in [6.07, 6.45) is 5.36. The lowest BCUT2D eigenvalue weighted by Gasteiger charge is -2.26. The maximum atomic E-state index is 10.3. The fraction of sp³-hybridized carbons (Fsp3) is 0.500. The van der Waals surface area contributed by atoms with Gasteiger partial charge in [0.15, 0.2) is 0 Å². The fourth-order valence-corrected chi connectivity index (χ4v) is 3.20. The number of hydrogen-bond acceptors (Lipinski definition) is 6. The zero-order chi connectivity index (χ0) is 17.5. The van der Waals surface area contributed by atoms with Crippen molar-refractivity contribution in [3.63, 3.8) is 0 Å². The molecule has 0 aliphatic carbocycles. The van der Waals surface area contributed by atoms with Crippen molar-refractivity contribution in [3.8, 4) is 11.8 Å². The minimum atomic E-state index is -0.546. The monoisotopic (exact) mass is 341 g/mol. The molecule has 0 saturated carbocycles. The van der Waals surface area contributed by atoms with Crippen LogP contribution in [0.25, 0.3) is 0 Å². The second-order valence-electron chi connectivity index (χ2n) is 6.35. The predicted octanol–water partition coefficient (Wildman–Crippen LogP) is 1.25. The van der Waals surface area contributed by atoms with Gasteiger partial charge in [-0.1, -0.05) is 12.1 Å². The summed E-state index contributed by atoms with van der Waals surface area (Å²) >= 11 is 0. The number of hydrogen-bond donors (Lipinski definition) is 1. The molecule has 1 fully saturated rings. The molecule has 1 aromatic heterocycles. The first-order valence-corrected chi connectivity index (χ1v) is 8.58. The van der Waals surface area contributed by atoms with E-state index in [1.807, 2.05) is 28.9 Å². The second-order valence-corrected chi connectivity index (χ2v) is 6.35. The quantitative estimate of drug-likeness (QED) is 0.777. The molecule has 0 unspecified atom stereocenters. The van der Waals surface area contributed by atoms with E-state index >= 15 is 0 Å². The number of aromatic nitrogens is 3. The van der Waals surface area contributed by atoms with Gasteiger partial charge < -0.3 is 9.84 Å². The summed E-state index contributed by atoms with van der Waals surface area (Å²) in [5.74, 6) is 0.710. The van der Waals surface area contributed by atoms with Crippen molar-refractivity contribution in [3.05, 3.63) is 42.5 Å². The van der Waals surface area contributed by atoms with Crippen LogP contribution in [0.5, 0.6) is 5.75 Å². The lowest BCUT2D eigenvalue weighted by atomic mass is 10.2. The molecule has 2 atom stereocenters. The summed E-state index contributed by atoms with van der Waals surface area (Å²) < 4.78 is 7.51. The molecule has 0 spiro atoms. The van der Waals surface area contributed by atoms with Crippen molar-refractivity contribution in [2.75, 3.05) is 19.7 Å². The van der Waals surface area contributed by atoms with Gasteiger partial charge in [-0.05, 0) is 37.1 Å². The first kappa shape index (κ1) is 17.4. The maximum absolute atomic E-state index is 10.3. The Hall–Kier alpha value is -2.43. The molecule has 1 N–H and O–H groups in total. The Bertz CT molecular complexity index is 680. The summed E-state index contributed by atoms with van der Waals surface area (Å²) in [6, 6.07) is 9.92. The van der Waals surface area contributed by atoms with Gasteiger partial charge in [0, 0.05) is 12.6 Å². The molecule has 7 nitrogen and oxygen atoms in total. The molecule has 0 bridgehead atoms. The number of likely N-dealkylation sites (tertiary alicyclic amines) is 1. The van der Waals surface area contributed by atoms with E-state index in [9.17, 15) is 5.11 Å². The summed E-state index contributed by atoms with van der Waals surface area (Å²) in [6.45, 7) is 2.63. The van der Waals surface area contributed by atoms with Gasteiger partial charge in [0.1, 0.15) is 31.1 Å². The minimum Gasteiger partial charge on any atom is -0.491 e. The predicted molar refractivity (Wildman–Crippen MR) is 91.9 cm³/mol. The summed E-state index contributed by atoms with van der Waals surface area (Å²) in [5, 5.41) is 23.1. The third-order valence-electron chi connectivity index (χ3n) is 4.46. The number of rotatable bonds is 8. The molecule has 0 radical (unpaired) electrons. The van der Waals surface area contributed by atoms with Crippen LogP contribution in [-0.2, 0) is 13.0 Å². The number of aliphatic hydroxyl groups excluding tert-OH is 1. The van der Waals surface area contributed by atoms with Crippen molar-refractivity contribution in [1.29, 1.82) is 5.26 Å². The van der Waals surface area contributed by atoms with Gasteiger partial charge in [-0.15, -0.1) is 0 Å². The Balaban J connectivity index is 1.45. The number of aliphatic hydroxyl groups is 1. The third kappa shape index (κ3) is 5.02. The molecule has 1 aliphatic rings. The Labute approximate surface area is 147 Å². The molecule has 1 aliphatic heterocycles. The summed E-state index contributed by atoms with van der Waals surface area (Å²) in [7, 11) is 0. The van der Waals surface area contributed by atoms with Crippen molar-refractivity contribution < 1.29 is 9.84 Å². The van der Waals surface area contributed by atoms with Gasteiger partial charge in [-0.25, -0.2) is 4.98 Å². The molecule has 1 aromatic carbocycles. The number of ether oxygens (including phenoxy) is 1. The highest BCUT2D eigenvalue weighted by atomic mass is 16.5. The smallest absolute Gasteiger partial charge is 0.137 e. The average Bonchev–Trinajstić information content (AvgIpc) is 3.28. The maximum Gasteiger partial charge on any atom is 0.137 e. The Morgan fingerprint density at radius 3 is 2.92 bits per heavy atom. The molecule has 3 rings (SSSR count). The van der Waals surface area contributed by atoms with Gasteiger partial charge in [-0.2, -0.15) is 10.4 Å². The van der Waals surface area contributed by atoms with E-state index in [0.717, 1.165) is 31.5 Å². The van der Waals surface area contributed by atoms with Crippen LogP contribution in [0, 0.1) is 11.3 Å². The first-order chi connectivity index (χ1) is 12.2. The van der Waals surface area contributed by atoms with E-state index < -0.39 is 6.10 Å². The zero-order valence-corrected chi connectivity index (χ0v) is 14.2. The Morgan fingerprint density at radius 2 is 2.20 bits per heavy atom. The molecule has 1 saturated heterocycles. The van der Waals surface area contributed by atoms with Gasteiger partial charge in [0.2, 0.25) is 0 Å². The van der Waals surface area contributed by atoms with Crippen molar-refractivity contribution in [2.24, 2.45) is 0 Å². The van der Waals surface area contributed by atoms with E-state index in [0.29, 0.717) is 24.8 Å². The minimum absolute atomic E-state index is 0.254. The highest BCUT2D eigenvalue weighted by molar-refractivity contribution is 5.28. The topological polar surface area (TPSA) is 87.2 Å². The van der Waals surface area contributed by atoms with Gasteiger partial charge in [0.05, 0.1) is 19.0 Å². The Morgan fingerprint density at radius 1 is 1.36 bits per heavy atom. The molecular formula is C18H23N5O2. The SMILES string of the molecule is N#CCc1ccc(OC[C@@H](O)CN2CCC[C@@H]2Cn2cncn2)cc1. The van der Waals surface area contributed by atoms with Crippen LogP contribution in [0.4, 0.5) is 0 Å². The van der Waals surface area contributed by atoms with Gasteiger partial charge >= 0.3 is 0 Å². The van der Waals surface area contributed by atoms with Crippen molar-refractivity contribution in [1.82, 2.24) is 19.7 Å². The van der Waals surface area contributed by atoms with E-state index in [1.54, 1.807) is 12.7 Å². The van der Waals surface area contributed by atoms with Gasteiger partial charge in [0.25, 0.3) is 0 Å².